The Balaban J connectivity index is 1.95. The van der Waals surface area contributed by atoms with E-state index in [4.69, 9.17) is 16.9 Å². The number of amides is 1. The lowest BCUT2D eigenvalue weighted by Crippen LogP contribution is -2.48. The quantitative estimate of drug-likeness (QED) is 0.748. The maximum Gasteiger partial charge on any atom is 0.272 e. The van der Waals surface area contributed by atoms with Crippen molar-refractivity contribution >= 4 is 17.5 Å². The number of pyridine rings is 1. The van der Waals surface area contributed by atoms with Crippen LogP contribution in [-0.4, -0.2) is 53.4 Å². The van der Waals surface area contributed by atoms with Crippen LogP contribution in [0.15, 0.2) is 18.3 Å². The molecule has 0 atom stereocenters. The van der Waals surface area contributed by atoms with E-state index in [0.29, 0.717) is 30.4 Å². The van der Waals surface area contributed by atoms with Gasteiger partial charge in [-0.25, -0.2) is 4.98 Å². The van der Waals surface area contributed by atoms with E-state index in [1.54, 1.807) is 17.0 Å². The monoisotopic (exact) mass is 264 g/mol. The zero-order valence-electron chi connectivity index (χ0n) is 9.84. The maximum absolute atomic E-state index is 12.1. The van der Waals surface area contributed by atoms with Gasteiger partial charge in [0.1, 0.15) is 5.69 Å². The number of halogens is 1. The molecule has 1 aromatic rings. The molecule has 0 spiro atoms. The highest BCUT2D eigenvalue weighted by Crippen LogP contribution is 2.10. The van der Waals surface area contributed by atoms with Gasteiger partial charge in [-0.05, 0) is 12.1 Å². The molecule has 0 bridgehead atoms. The first-order valence-corrected chi connectivity index (χ1v) is 6.08. The minimum atomic E-state index is -0.0803. The van der Waals surface area contributed by atoms with Gasteiger partial charge >= 0.3 is 0 Å². The number of aromatic nitrogens is 1. The van der Waals surface area contributed by atoms with Gasteiger partial charge in [0.15, 0.2) is 0 Å². The minimum absolute atomic E-state index is 0.0803. The zero-order valence-corrected chi connectivity index (χ0v) is 10.6. The highest BCUT2D eigenvalue weighted by molar-refractivity contribution is 6.30. The van der Waals surface area contributed by atoms with Crippen LogP contribution in [0, 0.1) is 11.3 Å². The SMILES string of the molecule is N#CCN1CCN(C(=O)c2ccc(Cl)cn2)CC1. The van der Waals surface area contributed by atoms with E-state index < -0.39 is 0 Å². The molecule has 1 amide bonds. The minimum Gasteiger partial charge on any atom is -0.335 e. The largest absolute Gasteiger partial charge is 0.335 e. The van der Waals surface area contributed by atoms with Crippen LogP contribution in [-0.2, 0) is 0 Å². The van der Waals surface area contributed by atoms with Gasteiger partial charge < -0.3 is 4.90 Å². The third-order valence-corrected chi connectivity index (χ3v) is 3.12. The molecule has 18 heavy (non-hydrogen) atoms. The van der Waals surface area contributed by atoms with Gasteiger partial charge in [0, 0.05) is 32.4 Å². The first-order chi connectivity index (χ1) is 8.70. The second-order valence-corrected chi connectivity index (χ2v) is 4.52. The van der Waals surface area contributed by atoms with Crippen LogP contribution in [0.3, 0.4) is 0 Å². The Kier molecular flexibility index (Phi) is 4.13. The molecule has 94 valence electrons. The highest BCUT2D eigenvalue weighted by Gasteiger charge is 2.22. The standard InChI is InChI=1S/C12H13ClN4O/c13-10-1-2-11(15-9-10)12(18)17-7-5-16(4-3-14)6-8-17/h1-2,9H,4-8H2. The molecule has 0 saturated carbocycles. The van der Waals surface area contributed by atoms with E-state index in [1.807, 2.05) is 4.90 Å². The fourth-order valence-corrected chi connectivity index (χ4v) is 1.99. The third-order valence-electron chi connectivity index (χ3n) is 2.90. The normalized spacial score (nSPS) is 16.3. The molecule has 5 nitrogen and oxygen atoms in total. The number of hydrogen-bond acceptors (Lipinski definition) is 4. The fourth-order valence-electron chi connectivity index (χ4n) is 1.87. The lowest BCUT2D eigenvalue weighted by molar-refractivity contribution is 0.0646. The van der Waals surface area contributed by atoms with Gasteiger partial charge in [-0.1, -0.05) is 11.6 Å². The summed E-state index contributed by atoms with van der Waals surface area (Å²) in [6.45, 7) is 3.14. The maximum atomic E-state index is 12.1. The summed E-state index contributed by atoms with van der Waals surface area (Å²) in [5.74, 6) is -0.0803. The summed E-state index contributed by atoms with van der Waals surface area (Å²) in [4.78, 5) is 19.9. The van der Waals surface area contributed by atoms with Crippen LogP contribution >= 0.6 is 11.6 Å². The molecule has 1 aromatic heterocycles. The number of carbonyl (C=O) groups is 1. The van der Waals surface area contributed by atoms with E-state index in [2.05, 4.69) is 11.1 Å². The first-order valence-electron chi connectivity index (χ1n) is 5.71. The molecule has 1 aliphatic heterocycles. The van der Waals surface area contributed by atoms with Gasteiger partial charge in [-0.3, -0.25) is 9.69 Å². The zero-order chi connectivity index (χ0) is 13.0. The topological polar surface area (TPSA) is 60.2 Å². The molecule has 0 unspecified atom stereocenters. The van der Waals surface area contributed by atoms with Crippen molar-refractivity contribution in [3.05, 3.63) is 29.0 Å². The van der Waals surface area contributed by atoms with Gasteiger partial charge in [-0.15, -0.1) is 0 Å². The van der Waals surface area contributed by atoms with E-state index in [1.165, 1.54) is 6.20 Å². The summed E-state index contributed by atoms with van der Waals surface area (Å²) >= 11 is 5.73. The number of rotatable bonds is 2. The van der Waals surface area contributed by atoms with Crippen molar-refractivity contribution in [2.24, 2.45) is 0 Å². The molecule has 2 heterocycles. The molecule has 1 fully saturated rings. The van der Waals surface area contributed by atoms with Crippen LogP contribution in [0.2, 0.25) is 5.02 Å². The summed E-state index contributed by atoms with van der Waals surface area (Å²) < 4.78 is 0. The van der Waals surface area contributed by atoms with E-state index >= 15 is 0 Å². The van der Waals surface area contributed by atoms with Gasteiger partial charge in [0.25, 0.3) is 5.91 Å². The molecule has 1 aliphatic rings. The molecule has 6 heteroatoms. The van der Waals surface area contributed by atoms with Gasteiger partial charge in [0.2, 0.25) is 0 Å². The first kappa shape index (κ1) is 12.8. The predicted octanol–water partition coefficient (Wildman–Crippen LogP) is 1.02. The number of nitrogens with zero attached hydrogens (tertiary/aromatic N) is 4. The fraction of sp³-hybridized carbons (Fsp3) is 0.417. The number of carbonyl (C=O) groups excluding carboxylic acids is 1. The van der Waals surface area contributed by atoms with Crippen LogP contribution in [0.4, 0.5) is 0 Å². The summed E-state index contributed by atoms with van der Waals surface area (Å²) in [7, 11) is 0. The smallest absolute Gasteiger partial charge is 0.272 e. The number of nitriles is 1. The predicted molar refractivity (Wildman–Crippen MR) is 67.2 cm³/mol. The molecule has 2 rings (SSSR count). The van der Waals surface area contributed by atoms with Crippen LogP contribution in [0.5, 0.6) is 0 Å². The Bertz CT molecular complexity index is 460. The van der Waals surface area contributed by atoms with Crippen LogP contribution < -0.4 is 0 Å². The average Bonchev–Trinajstić information content (AvgIpc) is 2.40. The molecular formula is C12H13ClN4O. The van der Waals surface area contributed by atoms with Crippen molar-refractivity contribution in [1.29, 1.82) is 5.26 Å². The Hall–Kier alpha value is -1.64. The van der Waals surface area contributed by atoms with Crippen molar-refractivity contribution in [3.63, 3.8) is 0 Å². The lowest BCUT2D eigenvalue weighted by atomic mass is 10.2. The molecule has 1 saturated heterocycles. The Labute approximate surface area is 111 Å². The second kappa shape index (κ2) is 5.80. The lowest BCUT2D eigenvalue weighted by Gasteiger charge is -2.33. The van der Waals surface area contributed by atoms with Gasteiger partial charge in [0.05, 0.1) is 17.6 Å². The summed E-state index contributed by atoms with van der Waals surface area (Å²) in [6, 6.07) is 5.41. The highest BCUT2D eigenvalue weighted by atomic mass is 35.5. The Morgan fingerprint density at radius 2 is 2.11 bits per heavy atom. The average molecular weight is 265 g/mol. The van der Waals surface area contributed by atoms with E-state index in [9.17, 15) is 4.79 Å². The number of piperazine rings is 1. The number of hydrogen-bond donors (Lipinski definition) is 0. The third kappa shape index (κ3) is 2.97. The molecule has 0 aliphatic carbocycles. The Morgan fingerprint density at radius 3 is 2.67 bits per heavy atom. The van der Waals surface area contributed by atoms with Crippen LogP contribution in [0.25, 0.3) is 0 Å². The summed E-state index contributed by atoms with van der Waals surface area (Å²) in [6.07, 6.45) is 1.47. The second-order valence-electron chi connectivity index (χ2n) is 4.09. The van der Waals surface area contributed by atoms with Crippen molar-refractivity contribution < 1.29 is 4.79 Å². The van der Waals surface area contributed by atoms with Crippen molar-refractivity contribution in [2.75, 3.05) is 32.7 Å². The van der Waals surface area contributed by atoms with E-state index in [0.717, 1.165) is 13.1 Å². The summed E-state index contributed by atoms with van der Waals surface area (Å²) in [5.41, 5.74) is 0.410. The molecule has 0 radical (unpaired) electrons. The van der Waals surface area contributed by atoms with Crippen LogP contribution in [0.1, 0.15) is 10.5 Å². The van der Waals surface area contributed by atoms with Crippen molar-refractivity contribution in [1.82, 2.24) is 14.8 Å². The molecule has 0 aromatic carbocycles. The van der Waals surface area contributed by atoms with Crippen molar-refractivity contribution in [3.8, 4) is 6.07 Å². The molecular weight excluding hydrogens is 252 g/mol. The Morgan fingerprint density at radius 1 is 1.39 bits per heavy atom. The summed E-state index contributed by atoms with van der Waals surface area (Å²) in [5, 5.41) is 9.12. The molecule has 0 N–H and O–H groups in total. The van der Waals surface area contributed by atoms with Gasteiger partial charge in [-0.2, -0.15) is 5.26 Å². The van der Waals surface area contributed by atoms with E-state index in [-0.39, 0.29) is 5.91 Å². The van der Waals surface area contributed by atoms with Crippen molar-refractivity contribution in [2.45, 2.75) is 0 Å².